The van der Waals surface area contributed by atoms with E-state index < -0.39 is 0 Å². The van der Waals surface area contributed by atoms with E-state index in [0.717, 1.165) is 0 Å². The molecule has 0 N–H and O–H groups in total. The average molecular weight is 881 g/mol. The SMILES string of the molecule is c1cc2c3c(c1)-n1c4ccc(C5CCCCC5)cc4c4c5c6ccccc6c6ccccc6c5cc(c41)B3c1cc3c4ccccc4c4ccccc4c3c3c4cc(C5CCCCC5)ccc4n-2c13. The molecule has 2 fully saturated rings. The summed E-state index contributed by atoms with van der Waals surface area (Å²) in [7, 11) is 0. The van der Waals surface area contributed by atoms with Crippen molar-refractivity contribution in [2.75, 3.05) is 0 Å². The largest absolute Gasteiger partial charge is 0.310 e. The van der Waals surface area contributed by atoms with Crippen molar-refractivity contribution in [3.63, 3.8) is 0 Å². The molecule has 2 aliphatic carbocycles. The molecule has 0 amide bonds. The molecule has 0 spiro atoms. The molecule has 2 saturated carbocycles. The maximum absolute atomic E-state index is 2.71. The average Bonchev–Trinajstić information content (AvgIpc) is 3.95. The number of fused-ring (bicyclic) bond motifs is 24. The second-order valence-corrected chi connectivity index (χ2v) is 21.4. The number of nitrogens with zero attached hydrogens (tertiary/aromatic N) is 2. The Hall–Kier alpha value is -7.36. The van der Waals surface area contributed by atoms with Crippen LogP contribution in [-0.2, 0) is 0 Å². The number of hydrogen-bond donors (Lipinski definition) is 0. The van der Waals surface area contributed by atoms with Crippen LogP contribution in [0.2, 0.25) is 0 Å². The summed E-state index contributed by atoms with van der Waals surface area (Å²) in [5.41, 5.74) is 15.4. The summed E-state index contributed by atoms with van der Waals surface area (Å²) >= 11 is 0. The van der Waals surface area contributed by atoms with Crippen molar-refractivity contribution in [1.82, 2.24) is 9.13 Å². The zero-order valence-electron chi connectivity index (χ0n) is 38.8. The Labute approximate surface area is 400 Å². The van der Waals surface area contributed by atoms with E-state index in [0.29, 0.717) is 11.8 Å². The lowest BCUT2D eigenvalue weighted by molar-refractivity contribution is 0.444. The molecule has 0 radical (unpaired) electrons. The maximum Gasteiger partial charge on any atom is 0.252 e. The van der Waals surface area contributed by atoms with Gasteiger partial charge in [-0.25, -0.2) is 0 Å². The third kappa shape index (κ3) is 4.79. The Kier molecular flexibility index (Phi) is 7.45. The van der Waals surface area contributed by atoms with Crippen molar-refractivity contribution in [1.29, 1.82) is 0 Å². The highest BCUT2D eigenvalue weighted by molar-refractivity contribution is 7.00. The summed E-state index contributed by atoms with van der Waals surface area (Å²) in [5, 5.41) is 21.9. The van der Waals surface area contributed by atoms with Crippen LogP contribution < -0.4 is 16.4 Å². The van der Waals surface area contributed by atoms with Crippen molar-refractivity contribution < 1.29 is 0 Å². The Morgan fingerprint density at radius 1 is 0.319 bits per heavy atom. The highest BCUT2D eigenvalue weighted by Crippen LogP contribution is 2.49. The van der Waals surface area contributed by atoms with Gasteiger partial charge in [0.25, 0.3) is 6.71 Å². The van der Waals surface area contributed by atoms with Crippen LogP contribution in [0, 0.1) is 0 Å². The second-order valence-electron chi connectivity index (χ2n) is 21.4. The summed E-state index contributed by atoms with van der Waals surface area (Å²) in [6.45, 7) is 0.0229. The third-order valence-corrected chi connectivity index (χ3v) is 18.2. The molecule has 0 unspecified atom stereocenters. The van der Waals surface area contributed by atoms with Gasteiger partial charge in [-0.1, -0.05) is 166 Å². The number of benzene rings is 11. The lowest BCUT2D eigenvalue weighted by Crippen LogP contribution is -2.59. The molecule has 11 aromatic carbocycles. The van der Waals surface area contributed by atoms with Gasteiger partial charge >= 0.3 is 0 Å². The van der Waals surface area contributed by atoms with E-state index in [-0.39, 0.29) is 6.71 Å². The van der Waals surface area contributed by atoms with Crippen molar-refractivity contribution >= 4 is 131 Å². The van der Waals surface area contributed by atoms with E-state index >= 15 is 0 Å². The minimum atomic E-state index is 0.0229. The first-order valence-electron chi connectivity index (χ1n) is 26.1. The summed E-state index contributed by atoms with van der Waals surface area (Å²) in [4.78, 5) is 0. The molecule has 3 heteroatoms. The van der Waals surface area contributed by atoms with Crippen molar-refractivity contribution in [3.05, 3.63) is 175 Å². The molecule has 326 valence electrons. The predicted molar refractivity (Wildman–Crippen MR) is 296 cm³/mol. The summed E-state index contributed by atoms with van der Waals surface area (Å²) < 4.78 is 5.42. The fraction of sp³-hybridized carbons (Fsp3) is 0.182. The van der Waals surface area contributed by atoms with Gasteiger partial charge in [0.15, 0.2) is 0 Å². The predicted octanol–water partition coefficient (Wildman–Crippen LogP) is 16.0. The lowest BCUT2D eigenvalue weighted by atomic mass is 9.34. The van der Waals surface area contributed by atoms with Crippen molar-refractivity contribution in [2.45, 2.75) is 76.0 Å². The van der Waals surface area contributed by atoms with Crippen LogP contribution in [-0.4, -0.2) is 15.8 Å². The van der Waals surface area contributed by atoms with Gasteiger partial charge in [-0.2, -0.15) is 0 Å². The topological polar surface area (TPSA) is 9.86 Å². The molecular formula is C66H49BN2. The van der Waals surface area contributed by atoms with Crippen LogP contribution in [0.4, 0.5) is 0 Å². The molecule has 13 aromatic rings. The zero-order valence-corrected chi connectivity index (χ0v) is 38.8. The van der Waals surface area contributed by atoms with Gasteiger partial charge in [0.05, 0.1) is 22.1 Å². The maximum atomic E-state index is 2.71. The fourth-order valence-corrected chi connectivity index (χ4v) is 15.3. The van der Waals surface area contributed by atoms with Gasteiger partial charge in [0, 0.05) is 43.7 Å². The van der Waals surface area contributed by atoms with Crippen LogP contribution in [0.15, 0.2) is 164 Å². The van der Waals surface area contributed by atoms with Gasteiger partial charge in [0.2, 0.25) is 0 Å². The van der Waals surface area contributed by atoms with Gasteiger partial charge in [0.1, 0.15) is 0 Å². The summed E-state index contributed by atoms with van der Waals surface area (Å²) in [6, 6.07) is 64.9. The molecule has 2 nitrogen and oxygen atoms in total. The molecule has 0 bridgehead atoms. The molecule has 2 aliphatic heterocycles. The summed E-state index contributed by atoms with van der Waals surface area (Å²) in [5.74, 6) is 1.23. The van der Waals surface area contributed by atoms with Crippen LogP contribution in [0.25, 0.3) is 120 Å². The van der Waals surface area contributed by atoms with Crippen LogP contribution in [0.3, 0.4) is 0 Å². The van der Waals surface area contributed by atoms with E-state index in [4.69, 9.17) is 0 Å². The number of aromatic nitrogens is 2. The van der Waals surface area contributed by atoms with Crippen LogP contribution in [0.5, 0.6) is 0 Å². The van der Waals surface area contributed by atoms with Crippen LogP contribution >= 0.6 is 0 Å². The van der Waals surface area contributed by atoms with E-state index in [1.807, 2.05) is 0 Å². The van der Waals surface area contributed by atoms with Gasteiger partial charge in [-0.05, 0) is 155 Å². The highest BCUT2D eigenvalue weighted by Gasteiger charge is 2.42. The van der Waals surface area contributed by atoms with E-state index in [1.165, 1.54) is 211 Å². The Morgan fingerprint density at radius 3 is 1.12 bits per heavy atom. The molecule has 4 aliphatic rings. The smallest absolute Gasteiger partial charge is 0.252 e. The highest BCUT2D eigenvalue weighted by atomic mass is 15.0. The van der Waals surface area contributed by atoms with Crippen LogP contribution in [0.1, 0.15) is 87.2 Å². The lowest BCUT2D eigenvalue weighted by Gasteiger charge is -2.34. The normalized spacial score (nSPS) is 16.3. The minimum absolute atomic E-state index is 0.0229. The molecular weight excluding hydrogens is 832 g/mol. The molecule has 0 saturated heterocycles. The molecule has 69 heavy (non-hydrogen) atoms. The molecule has 2 aromatic heterocycles. The Morgan fingerprint density at radius 2 is 0.696 bits per heavy atom. The van der Waals surface area contributed by atoms with E-state index in [9.17, 15) is 0 Å². The standard InChI is InChI=1S/C66H49BN2/c1-3-16-38(17-4-1)40-30-32-56-52(34-40)62-60-48-26-13-11-22-44(48)42-20-7-9-24-46(42)50(60)36-54-65(62)68(56)58-28-15-29-59-64(58)67(54)55-37-51-47-25-10-8-21-43(47)45-23-12-14-27-49(45)61(51)63-53-35-41(39-18-5-2-6-19-39)31-33-57(53)69(59)66(55)63/h7-15,20-39H,1-6,16-19H2. The first-order valence-corrected chi connectivity index (χ1v) is 26.1. The monoisotopic (exact) mass is 880 g/mol. The Balaban J connectivity index is 1.10. The van der Waals surface area contributed by atoms with Gasteiger partial charge in [-0.15, -0.1) is 0 Å². The summed E-state index contributed by atoms with van der Waals surface area (Å²) in [6.07, 6.45) is 13.2. The van der Waals surface area contributed by atoms with Crippen molar-refractivity contribution in [2.24, 2.45) is 0 Å². The van der Waals surface area contributed by atoms with Gasteiger partial charge < -0.3 is 9.13 Å². The first-order chi connectivity index (χ1) is 34.3. The van der Waals surface area contributed by atoms with E-state index in [1.54, 1.807) is 0 Å². The fourth-order valence-electron chi connectivity index (χ4n) is 15.3. The zero-order chi connectivity index (χ0) is 44.6. The molecule has 0 atom stereocenters. The van der Waals surface area contributed by atoms with E-state index in [2.05, 4.69) is 173 Å². The van der Waals surface area contributed by atoms with Crippen molar-refractivity contribution in [3.8, 4) is 11.4 Å². The first kappa shape index (κ1) is 37.6. The Bertz CT molecular complexity index is 4180. The van der Waals surface area contributed by atoms with Gasteiger partial charge in [-0.3, -0.25) is 0 Å². The number of rotatable bonds is 2. The third-order valence-electron chi connectivity index (χ3n) is 18.2. The molecule has 4 heterocycles. The quantitative estimate of drug-likeness (QED) is 0.121. The number of hydrogen-bond acceptors (Lipinski definition) is 0. The molecule has 17 rings (SSSR count). The minimum Gasteiger partial charge on any atom is -0.310 e. The second kappa shape index (κ2) is 13.7.